The van der Waals surface area contributed by atoms with Crippen LogP contribution < -0.4 is 5.73 Å². The first-order valence-corrected chi connectivity index (χ1v) is 10.3. The van der Waals surface area contributed by atoms with E-state index in [1.807, 2.05) is 59.1 Å². The molecule has 0 fully saturated rings. The highest BCUT2D eigenvalue weighted by molar-refractivity contribution is 7.86. The molecule has 0 amide bonds. The van der Waals surface area contributed by atoms with Gasteiger partial charge in [-0.1, -0.05) is 6.92 Å². The van der Waals surface area contributed by atoms with Crippen LogP contribution in [0.4, 0.5) is 0 Å². The van der Waals surface area contributed by atoms with Crippen LogP contribution in [0.15, 0.2) is 36.9 Å². The molecule has 2 rings (SSSR count). The van der Waals surface area contributed by atoms with E-state index in [1.165, 1.54) is 16.7 Å². The fourth-order valence-electron chi connectivity index (χ4n) is 2.60. The Hall–Kier alpha value is -1.59. The van der Waals surface area contributed by atoms with Crippen LogP contribution in [0.3, 0.4) is 0 Å². The van der Waals surface area contributed by atoms with Crippen molar-refractivity contribution in [3.05, 3.63) is 59.2 Å². The lowest BCUT2D eigenvalue weighted by atomic mass is 10.0. The van der Waals surface area contributed by atoms with E-state index in [4.69, 9.17) is 5.73 Å². The SMILES string of the molecule is Cc1cnccc1C(C)C[S@@](=O)C(C)(C)C.Cc1cnccc1C(C)N. The average Bonchev–Trinajstić information content (AvgIpc) is 2.55. The summed E-state index contributed by atoms with van der Waals surface area (Å²) in [4.78, 5) is 8.05. The summed E-state index contributed by atoms with van der Waals surface area (Å²) in [6, 6.07) is 4.10. The minimum Gasteiger partial charge on any atom is -0.324 e. The summed E-state index contributed by atoms with van der Waals surface area (Å²) in [5.41, 5.74) is 10.5. The van der Waals surface area contributed by atoms with Gasteiger partial charge in [-0.2, -0.15) is 0 Å². The lowest BCUT2D eigenvalue weighted by Gasteiger charge is -2.21. The Kier molecular flexibility index (Phi) is 8.57. The first-order valence-electron chi connectivity index (χ1n) is 8.99. The quantitative estimate of drug-likeness (QED) is 0.857. The molecule has 4 nitrogen and oxygen atoms in total. The minimum atomic E-state index is -0.797. The third-order valence-electron chi connectivity index (χ3n) is 4.23. The minimum absolute atomic E-state index is 0.114. The molecule has 144 valence electrons. The second-order valence-corrected chi connectivity index (χ2v) is 10.0. The van der Waals surface area contributed by atoms with Crippen molar-refractivity contribution in [3.8, 4) is 0 Å². The zero-order valence-electron chi connectivity index (χ0n) is 17.1. The molecule has 3 atom stereocenters. The zero-order chi connectivity index (χ0) is 19.9. The lowest BCUT2D eigenvalue weighted by Crippen LogP contribution is -2.26. The predicted molar refractivity (Wildman–Crippen MR) is 112 cm³/mol. The lowest BCUT2D eigenvalue weighted by molar-refractivity contribution is 0.642. The van der Waals surface area contributed by atoms with Gasteiger partial charge in [0, 0.05) is 52.1 Å². The maximum atomic E-state index is 12.1. The van der Waals surface area contributed by atoms with Gasteiger partial charge in [-0.25, -0.2) is 0 Å². The summed E-state index contributed by atoms with van der Waals surface area (Å²) < 4.78 is 11.9. The predicted octanol–water partition coefficient (Wildman–Crippen LogP) is 4.45. The van der Waals surface area contributed by atoms with Crippen LogP contribution in [0.2, 0.25) is 0 Å². The van der Waals surface area contributed by atoms with Gasteiger partial charge in [0.2, 0.25) is 0 Å². The molecule has 0 aliphatic rings. The van der Waals surface area contributed by atoms with Gasteiger partial charge in [-0.15, -0.1) is 0 Å². The maximum Gasteiger partial charge on any atom is 0.0375 e. The van der Waals surface area contributed by atoms with Crippen molar-refractivity contribution >= 4 is 10.8 Å². The molecule has 0 aromatic carbocycles. The Balaban J connectivity index is 0.000000289. The molecule has 0 saturated carbocycles. The van der Waals surface area contributed by atoms with Gasteiger partial charge in [0.1, 0.15) is 0 Å². The fourth-order valence-corrected chi connectivity index (χ4v) is 3.73. The Labute approximate surface area is 161 Å². The van der Waals surface area contributed by atoms with E-state index in [-0.39, 0.29) is 10.8 Å². The van der Waals surface area contributed by atoms with Gasteiger partial charge in [-0.3, -0.25) is 14.2 Å². The Bertz CT molecular complexity index is 723. The fraction of sp³-hybridized carbons (Fsp3) is 0.524. The van der Waals surface area contributed by atoms with Crippen molar-refractivity contribution < 1.29 is 4.21 Å². The standard InChI is InChI=1S/C13H21NOS.C8H12N2/c1-10-8-14-7-6-12(10)11(2)9-16(15)13(3,4)5;1-6-5-10-4-3-8(6)7(2)9/h6-8,11H,9H2,1-5H3;3-5,7H,9H2,1-2H3/t11?,16-;/m1./s1. The Morgan fingerprint density at radius 1 is 1.00 bits per heavy atom. The highest BCUT2D eigenvalue weighted by atomic mass is 32.2. The number of aromatic nitrogens is 2. The number of aryl methyl sites for hydroxylation is 2. The molecule has 2 N–H and O–H groups in total. The van der Waals surface area contributed by atoms with Crippen molar-refractivity contribution in [2.45, 2.75) is 65.2 Å². The van der Waals surface area contributed by atoms with Gasteiger partial charge >= 0.3 is 0 Å². The molecule has 5 heteroatoms. The topological polar surface area (TPSA) is 68.9 Å². The van der Waals surface area contributed by atoms with Crippen molar-refractivity contribution in [1.82, 2.24) is 9.97 Å². The number of rotatable bonds is 4. The van der Waals surface area contributed by atoms with Gasteiger partial charge in [0.15, 0.2) is 0 Å². The van der Waals surface area contributed by atoms with E-state index in [2.05, 4.69) is 23.8 Å². The molecule has 26 heavy (non-hydrogen) atoms. The summed E-state index contributed by atoms with van der Waals surface area (Å²) in [7, 11) is -0.797. The van der Waals surface area contributed by atoms with Crippen LogP contribution in [0.5, 0.6) is 0 Å². The van der Waals surface area contributed by atoms with Crippen LogP contribution >= 0.6 is 0 Å². The van der Waals surface area contributed by atoms with Crippen molar-refractivity contribution in [2.75, 3.05) is 5.75 Å². The maximum absolute atomic E-state index is 12.1. The summed E-state index contributed by atoms with van der Waals surface area (Å²) >= 11 is 0. The van der Waals surface area contributed by atoms with E-state index in [1.54, 1.807) is 12.4 Å². The van der Waals surface area contributed by atoms with E-state index in [9.17, 15) is 4.21 Å². The molecule has 0 bridgehead atoms. The number of hydrogen-bond acceptors (Lipinski definition) is 4. The Morgan fingerprint density at radius 2 is 1.46 bits per heavy atom. The molecule has 2 aromatic heterocycles. The van der Waals surface area contributed by atoms with Crippen molar-refractivity contribution in [3.63, 3.8) is 0 Å². The molecule has 0 aliphatic heterocycles. The number of nitrogens with zero attached hydrogens (tertiary/aromatic N) is 2. The number of pyridine rings is 2. The van der Waals surface area contributed by atoms with Crippen molar-refractivity contribution in [1.29, 1.82) is 0 Å². The number of nitrogens with two attached hydrogens (primary N) is 1. The second-order valence-electron chi connectivity index (χ2n) is 7.78. The molecular weight excluding hydrogens is 342 g/mol. The molecule has 0 saturated heterocycles. The first kappa shape index (κ1) is 22.5. The molecule has 2 aromatic rings. The summed E-state index contributed by atoms with van der Waals surface area (Å²) in [5, 5.41) is 0. The third-order valence-corrected chi connectivity index (χ3v) is 6.40. The van der Waals surface area contributed by atoms with Gasteiger partial charge < -0.3 is 5.73 Å². The third kappa shape index (κ3) is 6.96. The summed E-state index contributed by atoms with van der Waals surface area (Å²) in [5.74, 6) is 1.04. The van der Waals surface area contributed by atoms with E-state index >= 15 is 0 Å². The largest absolute Gasteiger partial charge is 0.324 e. The summed E-state index contributed by atoms with van der Waals surface area (Å²) in [6.45, 7) is 14.2. The smallest absolute Gasteiger partial charge is 0.0375 e. The van der Waals surface area contributed by atoms with Gasteiger partial charge in [-0.05, 0) is 81.8 Å². The highest BCUT2D eigenvalue weighted by Gasteiger charge is 2.22. The average molecular weight is 376 g/mol. The molecule has 0 radical (unpaired) electrons. The molecule has 2 unspecified atom stereocenters. The second kappa shape index (κ2) is 9.93. The van der Waals surface area contributed by atoms with E-state index in [0.717, 1.165) is 5.56 Å². The van der Waals surface area contributed by atoms with Crippen LogP contribution in [0, 0.1) is 13.8 Å². The van der Waals surface area contributed by atoms with E-state index in [0.29, 0.717) is 11.7 Å². The number of hydrogen-bond donors (Lipinski definition) is 1. The van der Waals surface area contributed by atoms with Gasteiger partial charge in [0.05, 0.1) is 0 Å². The first-order chi connectivity index (χ1) is 12.0. The Morgan fingerprint density at radius 3 is 1.81 bits per heavy atom. The van der Waals surface area contributed by atoms with Crippen LogP contribution in [-0.4, -0.2) is 24.7 Å². The summed E-state index contributed by atoms with van der Waals surface area (Å²) in [6.07, 6.45) is 7.27. The van der Waals surface area contributed by atoms with E-state index < -0.39 is 10.8 Å². The zero-order valence-corrected chi connectivity index (χ0v) is 17.9. The van der Waals surface area contributed by atoms with Gasteiger partial charge in [0.25, 0.3) is 0 Å². The monoisotopic (exact) mass is 375 g/mol. The normalized spacial score (nSPS) is 14.8. The van der Waals surface area contributed by atoms with Crippen LogP contribution in [-0.2, 0) is 10.8 Å². The molecule has 2 heterocycles. The molecule has 0 aliphatic carbocycles. The van der Waals surface area contributed by atoms with Crippen LogP contribution in [0.25, 0.3) is 0 Å². The highest BCUT2D eigenvalue weighted by Crippen LogP contribution is 2.23. The molecular formula is C21H33N3OS. The van der Waals surface area contributed by atoms with Crippen molar-refractivity contribution in [2.24, 2.45) is 5.73 Å². The van der Waals surface area contributed by atoms with Crippen LogP contribution in [0.1, 0.15) is 68.8 Å². The molecule has 0 spiro atoms.